The number of nitrogen functional groups attached to an aromatic ring is 1. The van der Waals surface area contributed by atoms with Crippen molar-refractivity contribution in [3.63, 3.8) is 0 Å². The highest BCUT2D eigenvalue weighted by atomic mass is 31.2. The van der Waals surface area contributed by atoms with Crippen LogP contribution in [0.25, 0.3) is 0 Å². The largest absolute Gasteiger partial charge is 0.524 e. The molecule has 0 fully saturated rings. The van der Waals surface area contributed by atoms with Crippen LogP contribution in [0.5, 0.6) is 5.75 Å². The molecule has 16 nitrogen and oxygen atoms in total. The van der Waals surface area contributed by atoms with Gasteiger partial charge in [-0.15, -0.1) is 0 Å². The van der Waals surface area contributed by atoms with Crippen molar-refractivity contribution in [1.29, 1.82) is 0 Å². The van der Waals surface area contributed by atoms with Gasteiger partial charge in [0.05, 0.1) is 12.1 Å². The molecular weight excluding hydrogens is 599 g/mol. The summed E-state index contributed by atoms with van der Waals surface area (Å²) in [5.74, 6) is -4.30. The summed E-state index contributed by atoms with van der Waals surface area (Å²) in [5, 5.41) is 7.36. The average molecular weight is 637 g/mol. The van der Waals surface area contributed by atoms with Gasteiger partial charge in [0, 0.05) is 6.42 Å². The second-order valence-electron chi connectivity index (χ2n) is 9.92. The molecular formula is C27H37N6O10P. The van der Waals surface area contributed by atoms with Crippen LogP contribution in [-0.2, 0) is 41.5 Å². The lowest BCUT2D eigenvalue weighted by Gasteiger charge is -2.27. The number of hydrogen-bond donors (Lipinski definition) is 8. The van der Waals surface area contributed by atoms with E-state index < -0.39 is 68.0 Å². The summed E-state index contributed by atoms with van der Waals surface area (Å²) >= 11 is 0. The third kappa shape index (κ3) is 11.9. The van der Waals surface area contributed by atoms with E-state index in [1.807, 2.05) is 0 Å². The number of phosphoric acid groups is 1. The van der Waals surface area contributed by atoms with Crippen molar-refractivity contribution >= 4 is 43.2 Å². The predicted molar refractivity (Wildman–Crippen MR) is 157 cm³/mol. The van der Waals surface area contributed by atoms with Crippen molar-refractivity contribution in [1.82, 2.24) is 16.0 Å². The average Bonchev–Trinajstić information content (AvgIpc) is 2.94. The van der Waals surface area contributed by atoms with E-state index >= 15 is 0 Å². The summed E-state index contributed by atoms with van der Waals surface area (Å²) in [4.78, 5) is 80.7. The summed E-state index contributed by atoms with van der Waals surface area (Å²) < 4.78 is 21.0. The lowest BCUT2D eigenvalue weighted by molar-refractivity contribution is -0.134. The quantitative estimate of drug-likeness (QED) is 0.0893. The molecule has 0 aliphatic carbocycles. The van der Waals surface area contributed by atoms with E-state index in [0.29, 0.717) is 17.5 Å². The van der Waals surface area contributed by atoms with Gasteiger partial charge in [0.2, 0.25) is 23.6 Å². The number of alkyl carbamates (subject to hydrolysis) is 1. The number of amides is 5. The molecule has 240 valence electrons. The van der Waals surface area contributed by atoms with Gasteiger partial charge in [0.1, 0.15) is 24.7 Å². The minimum Gasteiger partial charge on any atom is -0.445 e. The fourth-order valence-electron chi connectivity index (χ4n) is 3.93. The number of carbonyl (C=O) groups is 5. The van der Waals surface area contributed by atoms with E-state index in [0.717, 1.165) is 0 Å². The zero-order valence-electron chi connectivity index (χ0n) is 24.1. The minimum atomic E-state index is -4.90. The van der Waals surface area contributed by atoms with Crippen molar-refractivity contribution in [3.05, 3.63) is 59.7 Å². The van der Waals surface area contributed by atoms with E-state index in [1.165, 1.54) is 18.2 Å². The number of ether oxygens (including phenoxy) is 1. The smallest absolute Gasteiger partial charge is 0.445 e. The monoisotopic (exact) mass is 636 g/mol. The number of rotatable bonds is 16. The van der Waals surface area contributed by atoms with Crippen molar-refractivity contribution in [2.24, 2.45) is 17.4 Å². The molecule has 5 amide bonds. The van der Waals surface area contributed by atoms with Crippen LogP contribution in [-0.4, -0.2) is 57.6 Å². The molecule has 0 bridgehead atoms. The maximum Gasteiger partial charge on any atom is 0.524 e. The van der Waals surface area contributed by atoms with E-state index in [4.69, 9.17) is 31.7 Å². The van der Waals surface area contributed by atoms with E-state index in [-0.39, 0.29) is 24.5 Å². The first-order valence-corrected chi connectivity index (χ1v) is 14.9. The summed E-state index contributed by atoms with van der Waals surface area (Å²) in [6.07, 6.45) is -1.30. The number of carbonyl (C=O) groups excluding carboxylic acids is 5. The van der Waals surface area contributed by atoms with E-state index in [9.17, 15) is 28.5 Å². The van der Waals surface area contributed by atoms with Gasteiger partial charge in [-0.3, -0.25) is 29.0 Å². The number of nitrogens with two attached hydrogens (primary N) is 3. The first-order chi connectivity index (χ1) is 20.6. The third-order valence-electron chi connectivity index (χ3n) is 6.41. The molecule has 0 aliphatic heterocycles. The van der Waals surface area contributed by atoms with Gasteiger partial charge in [-0.25, -0.2) is 9.36 Å². The van der Waals surface area contributed by atoms with Gasteiger partial charge in [-0.2, -0.15) is 0 Å². The second kappa shape index (κ2) is 16.3. The Hall–Kier alpha value is -4.66. The lowest BCUT2D eigenvalue weighted by Crippen LogP contribution is -2.59. The summed E-state index contributed by atoms with van der Waals surface area (Å²) in [6, 6.07) is 8.62. The summed E-state index contributed by atoms with van der Waals surface area (Å²) in [7, 11) is -4.90. The molecule has 2 aromatic rings. The fraction of sp³-hybridized carbons (Fsp3) is 0.370. The molecule has 44 heavy (non-hydrogen) atoms. The molecule has 0 saturated carbocycles. The van der Waals surface area contributed by atoms with Crippen LogP contribution in [0.3, 0.4) is 0 Å². The van der Waals surface area contributed by atoms with E-state index in [2.05, 4.69) is 20.5 Å². The topological polar surface area (TPSA) is 275 Å². The van der Waals surface area contributed by atoms with Crippen LogP contribution in [0.4, 0.5) is 10.5 Å². The number of primary amides is 2. The van der Waals surface area contributed by atoms with Crippen molar-refractivity contribution in [2.45, 2.75) is 57.8 Å². The molecule has 0 heterocycles. The molecule has 2 rings (SSSR count). The molecule has 2 aromatic carbocycles. The Bertz CT molecular complexity index is 1390. The van der Waals surface area contributed by atoms with Crippen molar-refractivity contribution < 1.29 is 47.6 Å². The SMILES string of the molecule is CC[C@H](C)[C@H](NC(=O)[C@H](Cc1ccc(OP(=O)(O)O)c(N)c1)NC(=O)OCc1ccccc1)C(=O)N[C@@H](CC(N)=O)C(N)=O. The molecule has 0 aliphatic rings. The first kappa shape index (κ1) is 35.5. The molecule has 17 heteroatoms. The molecule has 0 saturated heterocycles. The maximum atomic E-state index is 13.5. The van der Waals surface area contributed by atoms with Crippen LogP contribution in [0.1, 0.15) is 37.8 Å². The molecule has 0 unspecified atom stereocenters. The molecule has 0 radical (unpaired) electrons. The highest BCUT2D eigenvalue weighted by molar-refractivity contribution is 7.46. The Morgan fingerprint density at radius 1 is 0.909 bits per heavy atom. The summed E-state index contributed by atoms with van der Waals surface area (Å²) in [5.41, 5.74) is 17.2. The first-order valence-electron chi connectivity index (χ1n) is 13.4. The van der Waals surface area contributed by atoms with Crippen molar-refractivity contribution in [3.8, 4) is 5.75 Å². The van der Waals surface area contributed by atoms with Gasteiger partial charge >= 0.3 is 13.9 Å². The number of hydrogen-bond acceptors (Lipinski definition) is 9. The van der Waals surface area contributed by atoms with Gasteiger partial charge < -0.3 is 42.4 Å². The van der Waals surface area contributed by atoms with Gasteiger partial charge in [0.25, 0.3) is 0 Å². The zero-order chi connectivity index (χ0) is 33.0. The molecule has 11 N–H and O–H groups in total. The van der Waals surface area contributed by atoms with Crippen molar-refractivity contribution in [2.75, 3.05) is 5.73 Å². The zero-order valence-corrected chi connectivity index (χ0v) is 25.0. The molecule has 0 aromatic heterocycles. The van der Waals surface area contributed by atoms with Crippen LogP contribution in [0.2, 0.25) is 0 Å². The number of nitrogens with one attached hydrogen (secondary N) is 3. The van der Waals surface area contributed by atoms with Gasteiger partial charge in [0.15, 0.2) is 5.75 Å². The van der Waals surface area contributed by atoms with Crippen LogP contribution >= 0.6 is 7.82 Å². The van der Waals surface area contributed by atoms with Crippen LogP contribution < -0.4 is 37.7 Å². The van der Waals surface area contributed by atoms with E-state index in [1.54, 1.807) is 44.2 Å². The minimum absolute atomic E-state index is 0.103. The number of benzene rings is 2. The Morgan fingerprint density at radius 2 is 1.57 bits per heavy atom. The Kier molecular flexibility index (Phi) is 13.1. The molecule has 0 spiro atoms. The fourth-order valence-corrected chi connectivity index (χ4v) is 4.35. The van der Waals surface area contributed by atoms with Gasteiger partial charge in [-0.05, 0) is 29.2 Å². The Balaban J connectivity index is 2.31. The normalized spacial score (nSPS) is 13.8. The van der Waals surface area contributed by atoms with Crippen LogP contribution in [0.15, 0.2) is 48.5 Å². The third-order valence-corrected chi connectivity index (χ3v) is 6.85. The molecule has 4 atom stereocenters. The Morgan fingerprint density at radius 3 is 2.11 bits per heavy atom. The van der Waals surface area contributed by atoms with Crippen LogP contribution in [0, 0.1) is 5.92 Å². The highest BCUT2D eigenvalue weighted by Crippen LogP contribution is 2.40. The Labute approximate surface area is 253 Å². The predicted octanol–water partition coefficient (Wildman–Crippen LogP) is -0.0458. The summed E-state index contributed by atoms with van der Waals surface area (Å²) in [6.45, 7) is 3.32. The lowest BCUT2D eigenvalue weighted by atomic mass is 9.96. The van der Waals surface area contributed by atoms with Gasteiger partial charge in [-0.1, -0.05) is 56.7 Å². The maximum absolute atomic E-state index is 13.5. The number of anilines is 1. The highest BCUT2D eigenvalue weighted by Gasteiger charge is 2.33. The standard InChI is InChI=1S/C27H37N6O10P/c1-3-15(2)23(26(37)31-19(24(30)35)13-22(29)34)33-25(36)20(32-27(38)42-14-16-7-5-4-6-8-16)12-17-9-10-21(18(28)11-17)43-44(39,40)41/h4-11,15,19-20,23H,3,12-14,28H2,1-2H3,(H2,29,34)(H2,30,35)(H,31,37)(H,32,38)(H,33,36)(H2,39,40,41)/t15-,19-,20-,23-/m0/s1. The number of phosphoric ester groups is 1. The second-order valence-corrected chi connectivity index (χ2v) is 11.1.